The maximum absolute atomic E-state index is 13.9. The highest BCUT2D eigenvalue weighted by Crippen LogP contribution is 2.64. The summed E-state index contributed by atoms with van der Waals surface area (Å²) in [6.07, 6.45) is 4.81. The number of nitrogens with one attached hydrogen (secondary N) is 2. The Balaban J connectivity index is 1.29. The van der Waals surface area contributed by atoms with Crippen molar-refractivity contribution >= 4 is 17.5 Å². The minimum atomic E-state index is -4.54. The molecule has 3 fully saturated rings. The van der Waals surface area contributed by atoms with E-state index < -0.39 is 11.7 Å². The summed E-state index contributed by atoms with van der Waals surface area (Å²) in [5.74, 6) is 0.665. The predicted molar refractivity (Wildman–Crippen MR) is 156 cm³/mol. The van der Waals surface area contributed by atoms with Gasteiger partial charge < -0.3 is 25.2 Å². The van der Waals surface area contributed by atoms with Crippen molar-refractivity contribution in [2.75, 3.05) is 46.7 Å². The maximum Gasteiger partial charge on any atom is 0.419 e. The van der Waals surface area contributed by atoms with E-state index in [-0.39, 0.29) is 35.4 Å². The standard InChI is InChI=1S/C31H43F3N6O2/c1-39(2)27-7-5-6-14-30(27)18-21(30)9-11-24-23(31(32,33)34)19-35-29(37-24)38-25-10-8-20(17-26(25)42-4)28(41)36-22-12-15-40(3)16-13-22/h8,10,17,19,21-22,27H,5-7,9,11-16,18H2,1-4H3,(H,36,41)(H,35,37,38)/t21-,27+,30-/m0/s1. The van der Waals surface area contributed by atoms with Crippen molar-refractivity contribution in [2.24, 2.45) is 11.3 Å². The number of alkyl halides is 3. The van der Waals surface area contributed by atoms with Crippen LogP contribution >= 0.6 is 0 Å². The molecule has 2 aromatic rings. The first-order valence-corrected chi connectivity index (χ1v) is 15.0. The van der Waals surface area contributed by atoms with Crippen molar-refractivity contribution in [3.8, 4) is 5.75 Å². The fourth-order valence-corrected chi connectivity index (χ4v) is 7.22. The summed E-state index contributed by atoms with van der Waals surface area (Å²) < 4.78 is 47.3. The quantitative estimate of drug-likeness (QED) is 0.400. The number of ether oxygens (including phenoxy) is 1. The highest BCUT2D eigenvalue weighted by molar-refractivity contribution is 5.95. The molecule has 1 spiro atoms. The van der Waals surface area contributed by atoms with Crippen LogP contribution in [0, 0.1) is 11.3 Å². The van der Waals surface area contributed by atoms with Crippen LogP contribution in [-0.2, 0) is 12.6 Å². The van der Waals surface area contributed by atoms with Crippen LogP contribution in [0.25, 0.3) is 0 Å². The number of hydrogen-bond acceptors (Lipinski definition) is 7. The molecule has 5 rings (SSSR count). The van der Waals surface area contributed by atoms with Gasteiger partial charge in [-0.1, -0.05) is 12.8 Å². The molecule has 0 unspecified atom stereocenters. The third-order valence-corrected chi connectivity index (χ3v) is 9.60. The highest BCUT2D eigenvalue weighted by atomic mass is 19.4. The van der Waals surface area contributed by atoms with E-state index in [1.165, 1.54) is 20.0 Å². The Morgan fingerprint density at radius 1 is 1.19 bits per heavy atom. The molecule has 1 aromatic carbocycles. The lowest BCUT2D eigenvalue weighted by molar-refractivity contribution is -0.138. The average molecular weight is 589 g/mol. The Morgan fingerprint density at radius 2 is 1.95 bits per heavy atom. The second-order valence-corrected chi connectivity index (χ2v) is 12.5. The van der Waals surface area contributed by atoms with E-state index in [1.54, 1.807) is 18.2 Å². The van der Waals surface area contributed by atoms with Crippen LogP contribution in [0.1, 0.15) is 73.0 Å². The summed E-state index contributed by atoms with van der Waals surface area (Å²) in [5.41, 5.74) is 0.359. The summed E-state index contributed by atoms with van der Waals surface area (Å²) in [6.45, 7) is 1.87. The van der Waals surface area contributed by atoms with Crippen LogP contribution in [0.5, 0.6) is 5.75 Å². The Morgan fingerprint density at radius 3 is 2.64 bits per heavy atom. The van der Waals surface area contributed by atoms with Crippen molar-refractivity contribution in [3.63, 3.8) is 0 Å². The summed E-state index contributed by atoms with van der Waals surface area (Å²) in [7, 11) is 7.77. The van der Waals surface area contributed by atoms with E-state index in [4.69, 9.17) is 4.74 Å². The van der Waals surface area contributed by atoms with Crippen LogP contribution in [0.3, 0.4) is 0 Å². The summed E-state index contributed by atoms with van der Waals surface area (Å²) in [6, 6.07) is 5.56. The monoisotopic (exact) mass is 588 g/mol. The van der Waals surface area contributed by atoms with Gasteiger partial charge in [-0.3, -0.25) is 4.79 Å². The molecule has 11 heteroatoms. The second kappa shape index (κ2) is 12.4. The average Bonchev–Trinajstić information content (AvgIpc) is 3.64. The molecule has 1 amide bonds. The van der Waals surface area contributed by atoms with Gasteiger partial charge in [-0.05, 0) is 109 Å². The van der Waals surface area contributed by atoms with Crippen molar-refractivity contribution in [3.05, 3.63) is 41.2 Å². The zero-order chi connectivity index (χ0) is 30.1. The fourth-order valence-electron chi connectivity index (χ4n) is 7.22. The molecule has 3 atom stereocenters. The molecular weight excluding hydrogens is 545 g/mol. The van der Waals surface area contributed by atoms with Gasteiger partial charge in [0.15, 0.2) is 0 Å². The van der Waals surface area contributed by atoms with Crippen molar-refractivity contribution in [1.82, 2.24) is 25.1 Å². The number of carbonyl (C=O) groups excluding carboxylic acids is 1. The number of aromatic nitrogens is 2. The molecule has 0 bridgehead atoms. The Bertz CT molecular complexity index is 1260. The van der Waals surface area contributed by atoms with E-state index in [2.05, 4.69) is 51.5 Å². The number of rotatable bonds is 9. The zero-order valence-electron chi connectivity index (χ0n) is 25.1. The van der Waals surface area contributed by atoms with Gasteiger partial charge in [-0.15, -0.1) is 0 Å². The predicted octanol–water partition coefficient (Wildman–Crippen LogP) is 5.51. The number of methoxy groups -OCH3 is 1. The largest absolute Gasteiger partial charge is 0.495 e. The van der Waals surface area contributed by atoms with Gasteiger partial charge in [0.1, 0.15) is 5.75 Å². The molecule has 1 aliphatic heterocycles. The van der Waals surface area contributed by atoms with Crippen molar-refractivity contribution in [2.45, 2.75) is 76.0 Å². The number of piperidine rings is 1. The number of anilines is 2. The topological polar surface area (TPSA) is 82.6 Å². The molecular formula is C31H43F3N6O2. The van der Waals surface area contributed by atoms with Crippen LogP contribution in [-0.4, -0.2) is 79.1 Å². The number of benzene rings is 1. The summed E-state index contributed by atoms with van der Waals surface area (Å²) in [5, 5.41) is 6.11. The minimum Gasteiger partial charge on any atom is -0.495 e. The van der Waals surface area contributed by atoms with Gasteiger partial charge in [-0.25, -0.2) is 9.97 Å². The fraction of sp³-hybridized carbons (Fsp3) is 0.645. The number of nitrogens with zero attached hydrogens (tertiary/aromatic N) is 4. The van der Waals surface area contributed by atoms with Crippen LogP contribution in [0.4, 0.5) is 24.8 Å². The lowest BCUT2D eigenvalue weighted by Gasteiger charge is -2.38. The van der Waals surface area contributed by atoms with Crippen LogP contribution < -0.4 is 15.4 Å². The molecule has 2 saturated carbocycles. The Labute approximate surface area is 246 Å². The number of carbonyl (C=O) groups is 1. The number of likely N-dealkylation sites (tertiary alicyclic amines) is 1. The molecule has 1 aromatic heterocycles. The summed E-state index contributed by atoms with van der Waals surface area (Å²) in [4.78, 5) is 25.7. The lowest BCUT2D eigenvalue weighted by Crippen LogP contribution is -2.43. The molecule has 2 aliphatic carbocycles. The zero-order valence-corrected chi connectivity index (χ0v) is 25.1. The van der Waals surface area contributed by atoms with Gasteiger partial charge in [0, 0.05) is 23.8 Å². The highest BCUT2D eigenvalue weighted by Gasteiger charge is 2.59. The SMILES string of the molecule is COc1cc(C(=O)NC2CCN(C)CC2)ccc1Nc1ncc(C(F)(F)F)c(CC[C@H]2C[C@@]23CCCC[C@H]3N(C)C)n1. The number of halogens is 3. The van der Waals surface area contributed by atoms with Crippen LogP contribution in [0.15, 0.2) is 24.4 Å². The Kier molecular flexibility index (Phi) is 8.99. The van der Waals surface area contributed by atoms with E-state index >= 15 is 0 Å². The van der Waals surface area contributed by atoms with Crippen molar-refractivity contribution in [1.29, 1.82) is 0 Å². The van der Waals surface area contributed by atoms with E-state index in [0.29, 0.717) is 35.4 Å². The maximum atomic E-state index is 13.9. The van der Waals surface area contributed by atoms with Crippen LogP contribution in [0.2, 0.25) is 0 Å². The molecule has 0 radical (unpaired) electrons. The smallest absolute Gasteiger partial charge is 0.419 e. The van der Waals surface area contributed by atoms with Gasteiger partial charge >= 0.3 is 6.18 Å². The third kappa shape index (κ3) is 6.67. The molecule has 2 heterocycles. The van der Waals surface area contributed by atoms with Gasteiger partial charge in [0.2, 0.25) is 5.95 Å². The molecule has 8 nitrogen and oxygen atoms in total. The van der Waals surface area contributed by atoms with Gasteiger partial charge in [0.25, 0.3) is 5.91 Å². The van der Waals surface area contributed by atoms with E-state index in [0.717, 1.165) is 51.4 Å². The van der Waals surface area contributed by atoms with E-state index in [1.807, 2.05) is 0 Å². The second-order valence-electron chi connectivity index (χ2n) is 12.5. The molecule has 42 heavy (non-hydrogen) atoms. The first kappa shape index (κ1) is 30.5. The number of hydrogen-bond donors (Lipinski definition) is 2. The Hall–Kier alpha value is -2.92. The van der Waals surface area contributed by atoms with E-state index in [9.17, 15) is 18.0 Å². The third-order valence-electron chi connectivity index (χ3n) is 9.60. The lowest BCUT2D eigenvalue weighted by atomic mass is 9.78. The minimum absolute atomic E-state index is 0.00681. The number of amides is 1. The molecule has 2 N–H and O–H groups in total. The van der Waals surface area contributed by atoms with Gasteiger partial charge in [0.05, 0.1) is 24.1 Å². The molecule has 230 valence electrons. The first-order valence-electron chi connectivity index (χ1n) is 15.0. The summed E-state index contributed by atoms with van der Waals surface area (Å²) >= 11 is 0. The number of aryl methyl sites for hydroxylation is 1. The van der Waals surface area contributed by atoms with Gasteiger partial charge in [-0.2, -0.15) is 13.2 Å². The molecule has 3 aliphatic rings. The molecule has 1 saturated heterocycles. The normalized spacial score (nSPS) is 25.0. The first-order chi connectivity index (χ1) is 20.0. The van der Waals surface area contributed by atoms with Crippen molar-refractivity contribution < 1.29 is 22.7 Å².